The normalized spacial score (nSPS) is 29.3. The van der Waals surface area contributed by atoms with Crippen LogP contribution in [0.15, 0.2) is 0 Å². The Kier molecular flexibility index (Phi) is 4.80. The van der Waals surface area contributed by atoms with Crippen LogP contribution in [0.5, 0.6) is 0 Å². The molecule has 96 valence electrons. The van der Waals surface area contributed by atoms with Gasteiger partial charge >= 0.3 is 0 Å². The minimum Gasteiger partial charge on any atom is -0.317 e. The highest BCUT2D eigenvalue weighted by atomic mass is 32.2. The maximum atomic E-state index is 12.4. The Hall–Kier alpha value is -0.0900. The summed E-state index contributed by atoms with van der Waals surface area (Å²) in [6.07, 6.45) is 3.77. The Balaban J connectivity index is 2.75. The van der Waals surface area contributed by atoms with Crippen LogP contribution in [0.2, 0.25) is 0 Å². The predicted molar refractivity (Wildman–Crippen MR) is 68.3 cm³/mol. The molecule has 0 radical (unpaired) electrons. The number of hydrogen-bond acceptors (Lipinski definition) is 3. The summed E-state index contributed by atoms with van der Waals surface area (Å²) in [5, 5.41) is 2.87. The molecular weight excluding hydrogens is 222 g/mol. The molecule has 0 bridgehead atoms. The lowest BCUT2D eigenvalue weighted by molar-refractivity contribution is 0.387. The SMILES string of the molecule is CNC1CCCC(S(=O)(=O)C(C)C(C)C)C1. The molecule has 4 heteroatoms. The Morgan fingerprint density at radius 2 is 1.81 bits per heavy atom. The molecular formula is C12H25NO2S. The molecule has 1 N–H and O–H groups in total. The van der Waals surface area contributed by atoms with E-state index in [9.17, 15) is 8.42 Å². The zero-order chi connectivity index (χ0) is 12.3. The van der Waals surface area contributed by atoms with E-state index in [-0.39, 0.29) is 16.4 Å². The minimum absolute atomic E-state index is 0.129. The second kappa shape index (κ2) is 5.50. The van der Waals surface area contributed by atoms with Gasteiger partial charge in [0.2, 0.25) is 0 Å². The first-order valence-electron chi connectivity index (χ1n) is 6.29. The third-order valence-electron chi connectivity index (χ3n) is 3.96. The van der Waals surface area contributed by atoms with Crippen molar-refractivity contribution < 1.29 is 8.42 Å². The first-order chi connectivity index (χ1) is 7.39. The van der Waals surface area contributed by atoms with E-state index in [1.165, 1.54) is 0 Å². The first-order valence-corrected chi connectivity index (χ1v) is 7.90. The summed E-state index contributed by atoms with van der Waals surface area (Å²) >= 11 is 0. The van der Waals surface area contributed by atoms with Gasteiger partial charge in [0.05, 0.1) is 10.5 Å². The second-order valence-corrected chi connectivity index (χ2v) is 7.90. The van der Waals surface area contributed by atoms with Crippen molar-refractivity contribution >= 4 is 9.84 Å². The van der Waals surface area contributed by atoms with Crippen molar-refractivity contribution in [2.75, 3.05) is 7.05 Å². The summed E-state index contributed by atoms with van der Waals surface area (Å²) < 4.78 is 24.7. The van der Waals surface area contributed by atoms with Crippen molar-refractivity contribution in [3.05, 3.63) is 0 Å². The Morgan fingerprint density at radius 1 is 1.19 bits per heavy atom. The molecule has 16 heavy (non-hydrogen) atoms. The highest BCUT2D eigenvalue weighted by Gasteiger charge is 2.35. The Bertz CT molecular complexity index is 311. The van der Waals surface area contributed by atoms with Crippen molar-refractivity contribution in [2.24, 2.45) is 5.92 Å². The Labute approximate surface area is 99.9 Å². The zero-order valence-corrected chi connectivity index (χ0v) is 11.7. The van der Waals surface area contributed by atoms with E-state index in [0.717, 1.165) is 25.7 Å². The van der Waals surface area contributed by atoms with E-state index in [0.29, 0.717) is 6.04 Å². The van der Waals surface area contributed by atoms with Crippen LogP contribution in [-0.4, -0.2) is 32.0 Å². The van der Waals surface area contributed by atoms with E-state index in [1.807, 2.05) is 27.8 Å². The van der Waals surface area contributed by atoms with Crippen LogP contribution in [0.1, 0.15) is 46.5 Å². The average Bonchev–Trinajstić information content (AvgIpc) is 2.27. The molecule has 1 rings (SSSR count). The van der Waals surface area contributed by atoms with Gasteiger partial charge in [0.25, 0.3) is 0 Å². The van der Waals surface area contributed by atoms with Crippen molar-refractivity contribution in [3.8, 4) is 0 Å². The molecule has 1 aliphatic rings. The number of rotatable bonds is 4. The van der Waals surface area contributed by atoms with Crippen LogP contribution in [0.4, 0.5) is 0 Å². The van der Waals surface area contributed by atoms with E-state index in [4.69, 9.17) is 0 Å². The molecule has 1 aliphatic carbocycles. The first kappa shape index (κ1) is 14.0. The van der Waals surface area contributed by atoms with Crippen molar-refractivity contribution in [1.82, 2.24) is 5.32 Å². The minimum atomic E-state index is -2.94. The lowest BCUT2D eigenvalue weighted by Gasteiger charge is -2.31. The van der Waals surface area contributed by atoms with Crippen LogP contribution in [0.3, 0.4) is 0 Å². The van der Waals surface area contributed by atoms with Gasteiger partial charge in [-0.1, -0.05) is 20.3 Å². The summed E-state index contributed by atoms with van der Waals surface area (Å²) in [6.45, 7) is 5.82. The average molecular weight is 247 g/mol. The van der Waals surface area contributed by atoms with Gasteiger partial charge in [-0.3, -0.25) is 0 Å². The largest absolute Gasteiger partial charge is 0.317 e. The molecule has 1 saturated carbocycles. The van der Waals surface area contributed by atoms with Crippen molar-refractivity contribution in [1.29, 1.82) is 0 Å². The molecule has 0 aromatic heterocycles. The summed E-state index contributed by atoms with van der Waals surface area (Å²) in [5.41, 5.74) is 0. The quantitative estimate of drug-likeness (QED) is 0.826. The fourth-order valence-corrected chi connectivity index (χ4v) is 4.75. The highest BCUT2D eigenvalue weighted by Crippen LogP contribution is 2.28. The van der Waals surface area contributed by atoms with Gasteiger partial charge in [-0.15, -0.1) is 0 Å². The van der Waals surface area contributed by atoms with Gasteiger partial charge in [0.15, 0.2) is 9.84 Å². The monoisotopic (exact) mass is 247 g/mol. The van der Waals surface area contributed by atoms with Gasteiger partial charge in [0.1, 0.15) is 0 Å². The highest BCUT2D eigenvalue weighted by molar-refractivity contribution is 7.92. The number of hydrogen-bond donors (Lipinski definition) is 1. The molecule has 0 spiro atoms. The maximum Gasteiger partial charge on any atom is 0.156 e. The lowest BCUT2D eigenvalue weighted by Crippen LogP contribution is -2.41. The fraction of sp³-hybridized carbons (Fsp3) is 1.00. The van der Waals surface area contributed by atoms with Crippen LogP contribution < -0.4 is 5.32 Å². The molecule has 0 aromatic carbocycles. The van der Waals surface area contributed by atoms with Gasteiger partial charge in [-0.05, 0) is 39.2 Å². The third kappa shape index (κ3) is 2.98. The molecule has 0 aromatic rings. The van der Waals surface area contributed by atoms with E-state index in [1.54, 1.807) is 0 Å². The standard InChI is InChI=1S/C12H25NO2S/c1-9(2)10(3)16(14,15)12-7-5-6-11(8-12)13-4/h9-13H,5-8H2,1-4H3. The summed E-state index contributed by atoms with van der Waals surface area (Å²) in [4.78, 5) is 0. The van der Waals surface area contributed by atoms with E-state index < -0.39 is 9.84 Å². The van der Waals surface area contributed by atoms with Crippen LogP contribution in [0, 0.1) is 5.92 Å². The lowest BCUT2D eigenvalue weighted by atomic mass is 9.95. The maximum absolute atomic E-state index is 12.4. The fourth-order valence-electron chi connectivity index (χ4n) is 2.39. The predicted octanol–water partition coefficient (Wildman–Crippen LogP) is 1.98. The number of nitrogens with one attached hydrogen (secondary N) is 1. The molecule has 3 atom stereocenters. The molecule has 1 fully saturated rings. The van der Waals surface area contributed by atoms with Gasteiger partial charge in [-0.25, -0.2) is 8.42 Å². The molecule has 0 saturated heterocycles. The van der Waals surface area contributed by atoms with Gasteiger partial charge in [0, 0.05) is 6.04 Å². The topological polar surface area (TPSA) is 46.2 Å². The molecule has 3 nitrogen and oxygen atoms in total. The number of sulfone groups is 1. The van der Waals surface area contributed by atoms with Crippen LogP contribution in [-0.2, 0) is 9.84 Å². The third-order valence-corrected chi connectivity index (χ3v) is 6.89. The van der Waals surface area contributed by atoms with Crippen molar-refractivity contribution in [2.45, 2.75) is 63.0 Å². The zero-order valence-electron chi connectivity index (χ0n) is 10.9. The summed E-state index contributed by atoms with van der Waals surface area (Å²) in [7, 11) is -1.02. The molecule has 0 amide bonds. The Morgan fingerprint density at radius 3 is 2.31 bits per heavy atom. The summed E-state index contributed by atoms with van der Waals surface area (Å²) in [5.74, 6) is 0.208. The molecule has 0 aliphatic heterocycles. The van der Waals surface area contributed by atoms with E-state index >= 15 is 0 Å². The van der Waals surface area contributed by atoms with Crippen LogP contribution >= 0.6 is 0 Å². The van der Waals surface area contributed by atoms with E-state index in [2.05, 4.69) is 5.32 Å². The smallest absolute Gasteiger partial charge is 0.156 e. The van der Waals surface area contributed by atoms with Gasteiger partial charge < -0.3 is 5.32 Å². The van der Waals surface area contributed by atoms with Gasteiger partial charge in [-0.2, -0.15) is 0 Å². The molecule has 3 unspecified atom stereocenters. The molecule has 0 heterocycles. The second-order valence-electron chi connectivity index (χ2n) is 5.31. The summed E-state index contributed by atoms with van der Waals surface area (Å²) in [6, 6.07) is 0.382. The van der Waals surface area contributed by atoms with Crippen LogP contribution in [0.25, 0.3) is 0 Å². The van der Waals surface area contributed by atoms with Crippen molar-refractivity contribution in [3.63, 3.8) is 0 Å².